The van der Waals surface area contributed by atoms with E-state index in [1.54, 1.807) is 7.05 Å². The third kappa shape index (κ3) is 2.65. The highest BCUT2D eigenvalue weighted by atomic mass is 32.1. The van der Waals surface area contributed by atoms with Crippen molar-refractivity contribution in [2.45, 2.75) is 13.8 Å². The lowest BCUT2D eigenvalue weighted by Crippen LogP contribution is -2.29. The Morgan fingerprint density at radius 3 is 2.72 bits per heavy atom. The Morgan fingerprint density at radius 2 is 2.06 bits per heavy atom. The first-order valence-corrected chi connectivity index (χ1v) is 6.30. The molecule has 0 aliphatic rings. The number of hydrogen-bond donors (Lipinski definition) is 1. The average Bonchev–Trinajstić information content (AvgIpc) is 2.77. The van der Waals surface area contributed by atoms with Crippen LogP contribution in [0.4, 0.5) is 5.13 Å². The number of amides is 1. The van der Waals surface area contributed by atoms with Gasteiger partial charge < -0.3 is 0 Å². The summed E-state index contributed by atoms with van der Waals surface area (Å²) >= 11 is 1.42. The van der Waals surface area contributed by atoms with E-state index in [4.69, 9.17) is 0 Å². The quantitative estimate of drug-likeness (QED) is 0.862. The monoisotopic (exact) mass is 262 g/mol. The lowest BCUT2D eigenvalue weighted by Gasteiger charge is -2.13. The van der Waals surface area contributed by atoms with Gasteiger partial charge in [-0.1, -0.05) is 35.6 Å². The van der Waals surface area contributed by atoms with Gasteiger partial charge in [-0.15, -0.1) is 10.2 Å². The van der Waals surface area contributed by atoms with Crippen molar-refractivity contribution in [1.29, 1.82) is 0 Å². The maximum absolute atomic E-state index is 11.1. The molecule has 1 heterocycles. The summed E-state index contributed by atoms with van der Waals surface area (Å²) in [4.78, 5) is 11.1. The van der Waals surface area contributed by atoms with Crippen molar-refractivity contribution in [2.75, 3.05) is 12.5 Å². The maximum atomic E-state index is 11.1. The fourth-order valence-electron chi connectivity index (χ4n) is 1.41. The molecule has 0 aliphatic heterocycles. The first-order valence-electron chi connectivity index (χ1n) is 5.48. The zero-order chi connectivity index (χ0) is 13.1. The summed E-state index contributed by atoms with van der Waals surface area (Å²) in [6.07, 6.45) is 0. The molecule has 1 N–H and O–H groups in total. The van der Waals surface area contributed by atoms with Crippen molar-refractivity contribution in [2.24, 2.45) is 0 Å². The summed E-state index contributed by atoms with van der Waals surface area (Å²) in [6, 6.07) is 8.00. The summed E-state index contributed by atoms with van der Waals surface area (Å²) < 4.78 is 0. The van der Waals surface area contributed by atoms with E-state index in [1.807, 2.05) is 31.2 Å². The molecule has 5 nitrogen and oxygen atoms in total. The van der Waals surface area contributed by atoms with E-state index in [2.05, 4.69) is 15.6 Å². The molecule has 0 aliphatic carbocycles. The number of benzene rings is 1. The molecule has 0 saturated carbocycles. The SMILES string of the molecule is CC(=O)N(C)Nc1nnc(-c2ccccc2C)s1. The summed E-state index contributed by atoms with van der Waals surface area (Å²) in [5.41, 5.74) is 5.10. The van der Waals surface area contributed by atoms with E-state index in [0.29, 0.717) is 5.13 Å². The third-order valence-electron chi connectivity index (χ3n) is 2.54. The number of rotatable bonds is 3. The van der Waals surface area contributed by atoms with Gasteiger partial charge in [0.2, 0.25) is 11.0 Å². The second-order valence-corrected chi connectivity index (χ2v) is 4.89. The molecule has 2 rings (SSSR count). The van der Waals surface area contributed by atoms with Gasteiger partial charge in [-0.3, -0.25) is 15.2 Å². The van der Waals surface area contributed by atoms with Crippen molar-refractivity contribution >= 4 is 22.4 Å². The second-order valence-electron chi connectivity index (χ2n) is 3.92. The normalized spacial score (nSPS) is 10.2. The molecule has 0 atom stereocenters. The number of carbonyl (C=O) groups excluding carboxylic acids is 1. The van der Waals surface area contributed by atoms with Crippen molar-refractivity contribution in [3.8, 4) is 10.6 Å². The minimum Gasteiger partial charge on any atom is -0.273 e. The fraction of sp³-hybridized carbons (Fsp3) is 0.250. The fourth-order valence-corrected chi connectivity index (χ4v) is 2.28. The predicted octanol–water partition coefficient (Wildman–Crippen LogP) is 2.32. The Bertz CT molecular complexity index is 567. The second kappa shape index (κ2) is 5.14. The maximum Gasteiger partial charge on any atom is 0.237 e. The highest BCUT2D eigenvalue weighted by Gasteiger charge is 2.10. The standard InChI is InChI=1S/C12H14N4OS/c1-8-6-4-5-7-10(8)11-13-14-12(18-11)15-16(3)9(2)17/h4-7H,1-3H3,(H,14,15). The van der Waals surface area contributed by atoms with E-state index in [0.717, 1.165) is 16.1 Å². The van der Waals surface area contributed by atoms with Crippen LogP contribution in [-0.4, -0.2) is 28.2 Å². The van der Waals surface area contributed by atoms with Gasteiger partial charge in [0.05, 0.1) is 0 Å². The molecule has 1 aromatic heterocycles. The summed E-state index contributed by atoms with van der Waals surface area (Å²) in [5.74, 6) is -0.0809. The van der Waals surface area contributed by atoms with Crippen molar-refractivity contribution in [1.82, 2.24) is 15.2 Å². The Balaban J connectivity index is 2.21. The van der Waals surface area contributed by atoms with Gasteiger partial charge in [-0.2, -0.15) is 0 Å². The van der Waals surface area contributed by atoms with Gasteiger partial charge >= 0.3 is 0 Å². The van der Waals surface area contributed by atoms with Crippen LogP contribution in [0.2, 0.25) is 0 Å². The van der Waals surface area contributed by atoms with Gasteiger partial charge in [0.15, 0.2) is 0 Å². The van der Waals surface area contributed by atoms with Crippen LogP contribution in [-0.2, 0) is 4.79 Å². The van der Waals surface area contributed by atoms with E-state index >= 15 is 0 Å². The molecule has 0 bridgehead atoms. The molecule has 18 heavy (non-hydrogen) atoms. The molecule has 0 unspecified atom stereocenters. The molecule has 0 spiro atoms. The highest BCUT2D eigenvalue weighted by molar-refractivity contribution is 7.18. The third-order valence-corrected chi connectivity index (χ3v) is 3.40. The van der Waals surface area contributed by atoms with Gasteiger partial charge in [0, 0.05) is 19.5 Å². The number of aromatic nitrogens is 2. The topological polar surface area (TPSA) is 58.1 Å². The zero-order valence-corrected chi connectivity index (χ0v) is 11.3. The van der Waals surface area contributed by atoms with Crippen LogP contribution in [0, 0.1) is 6.92 Å². The Labute approximate surface area is 109 Å². The number of anilines is 1. The van der Waals surface area contributed by atoms with Crippen molar-refractivity contribution in [3.05, 3.63) is 29.8 Å². The largest absolute Gasteiger partial charge is 0.273 e. The molecule has 2 aromatic rings. The van der Waals surface area contributed by atoms with Crippen LogP contribution in [0.15, 0.2) is 24.3 Å². The smallest absolute Gasteiger partial charge is 0.237 e. The number of aryl methyl sites for hydroxylation is 1. The Kier molecular flexibility index (Phi) is 3.57. The molecule has 0 saturated heterocycles. The van der Waals surface area contributed by atoms with Crippen LogP contribution < -0.4 is 5.43 Å². The minimum atomic E-state index is -0.0809. The predicted molar refractivity (Wildman–Crippen MR) is 72.1 cm³/mol. The molecule has 6 heteroatoms. The first kappa shape index (κ1) is 12.5. The molecular weight excluding hydrogens is 248 g/mol. The average molecular weight is 262 g/mol. The van der Waals surface area contributed by atoms with E-state index in [-0.39, 0.29) is 5.91 Å². The van der Waals surface area contributed by atoms with Gasteiger partial charge in [0.25, 0.3) is 0 Å². The van der Waals surface area contributed by atoms with Gasteiger partial charge in [0.1, 0.15) is 5.01 Å². The molecule has 94 valence electrons. The first-order chi connectivity index (χ1) is 8.58. The number of hydrazine groups is 1. The lowest BCUT2D eigenvalue weighted by atomic mass is 10.1. The summed E-state index contributed by atoms with van der Waals surface area (Å²) in [5, 5.41) is 11.0. The minimum absolute atomic E-state index is 0.0809. The van der Waals surface area contributed by atoms with Crippen LogP contribution in [0.1, 0.15) is 12.5 Å². The summed E-state index contributed by atoms with van der Waals surface area (Å²) in [6.45, 7) is 3.52. The van der Waals surface area contributed by atoms with Crippen LogP contribution in [0.3, 0.4) is 0 Å². The van der Waals surface area contributed by atoms with Crippen LogP contribution >= 0.6 is 11.3 Å². The van der Waals surface area contributed by atoms with E-state index in [9.17, 15) is 4.79 Å². The molecule has 0 fully saturated rings. The Hall–Kier alpha value is -1.95. The highest BCUT2D eigenvalue weighted by Crippen LogP contribution is 2.28. The molecule has 1 amide bonds. The van der Waals surface area contributed by atoms with Gasteiger partial charge in [-0.25, -0.2) is 0 Å². The number of nitrogens with zero attached hydrogens (tertiary/aromatic N) is 3. The molecule has 1 aromatic carbocycles. The van der Waals surface area contributed by atoms with Gasteiger partial charge in [-0.05, 0) is 12.5 Å². The number of nitrogens with one attached hydrogen (secondary N) is 1. The molecular formula is C12H14N4OS. The van der Waals surface area contributed by atoms with E-state index < -0.39 is 0 Å². The zero-order valence-electron chi connectivity index (χ0n) is 10.5. The summed E-state index contributed by atoms with van der Waals surface area (Å²) in [7, 11) is 1.65. The van der Waals surface area contributed by atoms with Crippen LogP contribution in [0.25, 0.3) is 10.6 Å². The molecule has 0 radical (unpaired) electrons. The van der Waals surface area contributed by atoms with Crippen LogP contribution in [0.5, 0.6) is 0 Å². The number of hydrogen-bond acceptors (Lipinski definition) is 5. The van der Waals surface area contributed by atoms with Crippen molar-refractivity contribution < 1.29 is 4.79 Å². The Morgan fingerprint density at radius 1 is 1.33 bits per heavy atom. The lowest BCUT2D eigenvalue weighted by molar-refractivity contribution is -0.126. The number of carbonyl (C=O) groups is 1. The van der Waals surface area contributed by atoms with Crippen molar-refractivity contribution in [3.63, 3.8) is 0 Å². The van der Waals surface area contributed by atoms with E-state index in [1.165, 1.54) is 23.3 Å².